The van der Waals surface area contributed by atoms with Crippen LogP contribution in [-0.2, 0) is 0 Å². The van der Waals surface area contributed by atoms with Crippen molar-refractivity contribution in [2.24, 2.45) is 0 Å². The highest BCUT2D eigenvalue weighted by molar-refractivity contribution is 9.12. The Kier molecular flexibility index (Phi) is 5.73. The van der Waals surface area contributed by atoms with Crippen LogP contribution in [0.3, 0.4) is 0 Å². The molecule has 0 aliphatic heterocycles. The van der Waals surface area contributed by atoms with Crippen molar-refractivity contribution >= 4 is 27.3 Å². The summed E-state index contributed by atoms with van der Waals surface area (Å²) in [6, 6.07) is 5.92. The molecule has 4 heteroatoms. The van der Waals surface area contributed by atoms with E-state index in [0.29, 0.717) is 0 Å². The number of benzene rings is 1. The summed E-state index contributed by atoms with van der Waals surface area (Å²) in [4.78, 5) is 1.56. The minimum Gasteiger partial charge on any atom is -0.397 e. The number of hydrogen-bond donors (Lipinski definition) is 2. The van der Waals surface area contributed by atoms with Crippen LogP contribution in [0.25, 0.3) is 0 Å². The maximum absolute atomic E-state index is 7.24. The topological polar surface area (TPSA) is 61.8 Å². The summed E-state index contributed by atoms with van der Waals surface area (Å²) in [5.41, 5.74) is 8.66. The summed E-state index contributed by atoms with van der Waals surface area (Å²) in [5.74, 6) is 0. The second kappa shape index (κ2) is 6.32. The summed E-state index contributed by atoms with van der Waals surface area (Å²) < 4.78 is 0. The van der Waals surface area contributed by atoms with Gasteiger partial charge in [0, 0.05) is 23.0 Å². The van der Waals surface area contributed by atoms with Gasteiger partial charge < -0.3 is 11.1 Å². The molecule has 0 saturated carbocycles. The van der Waals surface area contributed by atoms with Gasteiger partial charge in [0.15, 0.2) is 0 Å². The Morgan fingerprint density at radius 3 is 2.46 bits per heavy atom. The average molecular weight is 242 g/mol. The highest BCUT2D eigenvalue weighted by atomic mass is 79.9. The highest BCUT2D eigenvalue weighted by Crippen LogP contribution is 2.17. The van der Waals surface area contributed by atoms with Gasteiger partial charge in [-0.05, 0) is 24.6 Å². The molecule has 70 valence electrons. The molecule has 0 saturated heterocycles. The predicted molar refractivity (Wildman–Crippen MR) is 59.7 cm³/mol. The quantitative estimate of drug-likeness (QED) is 0.743. The second-order valence-corrected chi connectivity index (χ2v) is 2.78. The third-order valence-corrected chi connectivity index (χ3v) is 1.48. The molecule has 0 aliphatic rings. The lowest BCUT2D eigenvalue weighted by molar-refractivity contribution is 1.43. The van der Waals surface area contributed by atoms with E-state index in [1.165, 1.54) is 5.56 Å². The van der Waals surface area contributed by atoms with Crippen molar-refractivity contribution in [3.63, 3.8) is 0 Å². The Balaban J connectivity index is 0.000000424. The Morgan fingerprint density at radius 1 is 1.54 bits per heavy atom. The lowest BCUT2D eigenvalue weighted by Gasteiger charge is -2.04. The third kappa shape index (κ3) is 4.38. The number of nitriles is 1. The smallest absolute Gasteiger partial charge is 0.142 e. The molecule has 0 aliphatic carbocycles. The van der Waals surface area contributed by atoms with Gasteiger partial charge in [0.25, 0.3) is 0 Å². The molecule has 0 spiro atoms. The van der Waals surface area contributed by atoms with Crippen LogP contribution in [0.4, 0.5) is 11.4 Å². The van der Waals surface area contributed by atoms with Crippen LogP contribution in [0.5, 0.6) is 0 Å². The zero-order valence-corrected chi connectivity index (χ0v) is 9.22. The van der Waals surface area contributed by atoms with Crippen LogP contribution in [0.2, 0.25) is 0 Å². The lowest BCUT2D eigenvalue weighted by atomic mass is 10.2. The highest BCUT2D eigenvalue weighted by Gasteiger charge is 1.93. The zero-order chi connectivity index (χ0) is 10.3. The van der Waals surface area contributed by atoms with Crippen LogP contribution in [-0.4, -0.2) is 7.05 Å². The second-order valence-electron chi connectivity index (χ2n) is 2.43. The number of rotatable bonds is 1. The molecular weight excluding hydrogens is 230 g/mol. The van der Waals surface area contributed by atoms with Crippen molar-refractivity contribution in [3.8, 4) is 4.98 Å². The summed E-state index contributed by atoms with van der Waals surface area (Å²) in [6.07, 6.45) is 0. The van der Waals surface area contributed by atoms with E-state index in [-0.39, 0.29) is 0 Å². The number of nitrogens with zero attached hydrogens (tertiary/aromatic N) is 1. The van der Waals surface area contributed by atoms with E-state index in [4.69, 9.17) is 11.0 Å². The third-order valence-electron chi connectivity index (χ3n) is 1.48. The van der Waals surface area contributed by atoms with E-state index in [1.807, 2.05) is 32.2 Å². The molecule has 3 N–H and O–H groups in total. The van der Waals surface area contributed by atoms with E-state index in [9.17, 15) is 0 Å². The minimum atomic E-state index is 0.799. The molecule has 1 aromatic rings. The Labute approximate surface area is 86.7 Å². The van der Waals surface area contributed by atoms with Gasteiger partial charge >= 0.3 is 0 Å². The van der Waals surface area contributed by atoms with Gasteiger partial charge in [0.05, 0.1) is 11.4 Å². The number of nitrogens with two attached hydrogens (primary N) is 1. The van der Waals surface area contributed by atoms with Crippen LogP contribution < -0.4 is 11.1 Å². The predicted octanol–water partition coefficient (Wildman–Crippen LogP) is 2.48. The van der Waals surface area contributed by atoms with Crippen LogP contribution >= 0.6 is 15.9 Å². The molecule has 0 bridgehead atoms. The van der Waals surface area contributed by atoms with E-state index < -0.39 is 0 Å². The molecule has 0 heterocycles. The standard InChI is InChI=1S/C8H12N2.CBrN/c1-6-3-4-7(9)8(5-6)10-2;2-1-3/h3-5,10H,9H2,1-2H3;. The fraction of sp³-hybridized carbons (Fsp3) is 0.222. The number of halogens is 1. The fourth-order valence-electron chi connectivity index (χ4n) is 0.887. The first-order valence-electron chi connectivity index (χ1n) is 3.69. The monoisotopic (exact) mass is 241 g/mol. The van der Waals surface area contributed by atoms with Gasteiger partial charge in [-0.1, -0.05) is 6.07 Å². The van der Waals surface area contributed by atoms with Crippen LogP contribution in [0.1, 0.15) is 5.56 Å². The minimum absolute atomic E-state index is 0.799. The number of hydrogen-bond acceptors (Lipinski definition) is 3. The number of nitrogens with one attached hydrogen (secondary N) is 1. The van der Waals surface area contributed by atoms with Gasteiger partial charge in [-0.2, -0.15) is 5.26 Å². The Morgan fingerprint density at radius 2 is 2.08 bits per heavy atom. The molecule has 1 aromatic carbocycles. The van der Waals surface area contributed by atoms with Gasteiger partial charge in [0.1, 0.15) is 4.98 Å². The largest absolute Gasteiger partial charge is 0.397 e. The van der Waals surface area contributed by atoms with Crippen LogP contribution in [0.15, 0.2) is 18.2 Å². The van der Waals surface area contributed by atoms with Gasteiger partial charge in [-0.15, -0.1) is 0 Å². The zero-order valence-electron chi connectivity index (χ0n) is 7.63. The number of aryl methyl sites for hydroxylation is 1. The van der Waals surface area contributed by atoms with Crippen LogP contribution in [0, 0.1) is 17.2 Å². The average Bonchev–Trinajstić information content (AvgIpc) is 2.10. The van der Waals surface area contributed by atoms with E-state index in [2.05, 4.69) is 21.2 Å². The summed E-state index contributed by atoms with van der Waals surface area (Å²) in [5, 5.41) is 10.2. The summed E-state index contributed by atoms with van der Waals surface area (Å²) in [6.45, 7) is 2.04. The number of nitrogen functional groups attached to an aromatic ring is 1. The van der Waals surface area contributed by atoms with Crippen molar-refractivity contribution < 1.29 is 0 Å². The summed E-state index contributed by atoms with van der Waals surface area (Å²) >= 11 is 2.45. The molecule has 0 unspecified atom stereocenters. The van der Waals surface area contributed by atoms with Crippen molar-refractivity contribution in [1.82, 2.24) is 0 Å². The molecule has 0 radical (unpaired) electrons. The maximum Gasteiger partial charge on any atom is 0.142 e. The molecule has 0 atom stereocenters. The SMILES string of the molecule is CNc1cc(C)ccc1N.N#CBr. The lowest BCUT2D eigenvalue weighted by Crippen LogP contribution is -1.95. The van der Waals surface area contributed by atoms with E-state index >= 15 is 0 Å². The molecule has 0 aromatic heterocycles. The van der Waals surface area contributed by atoms with E-state index in [0.717, 1.165) is 11.4 Å². The van der Waals surface area contributed by atoms with E-state index in [1.54, 1.807) is 4.98 Å². The molecular formula is C9H12BrN3. The van der Waals surface area contributed by atoms with Gasteiger partial charge in [-0.25, -0.2) is 0 Å². The fourth-order valence-corrected chi connectivity index (χ4v) is 0.887. The van der Waals surface area contributed by atoms with Gasteiger partial charge in [-0.3, -0.25) is 0 Å². The first-order chi connectivity index (χ1) is 6.15. The molecule has 13 heavy (non-hydrogen) atoms. The van der Waals surface area contributed by atoms with Crippen molar-refractivity contribution in [2.75, 3.05) is 18.1 Å². The normalized spacial score (nSPS) is 7.85. The van der Waals surface area contributed by atoms with Gasteiger partial charge in [0.2, 0.25) is 0 Å². The Hall–Kier alpha value is -1.21. The first-order valence-corrected chi connectivity index (χ1v) is 4.48. The Bertz CT molecular complexity index is 304. The molecule has 0 amide bonds. The number of anilines is 2. The maximum atomic E-state index is 7.24. The van der Waals surface area contributed by atoms with Crippen molar-refractivity contribution in [1.29, 1.82) is 5.26 Å². The first kappa shape index (κ1) is 11.8. The van der Waals surface area contributed by atoms with Crippen molar-refractivity contribution in [3.05, 3.63) is 23.8 Å². The molecule has 0 fully saturated rings. The van der Waals surface area contributed by atoms with Crippen molar-refractivity contribution in [2.45, 2.75) is 6.92 Å². The molecule has 1 rings (SSSR count). The molecule has 3 nitrogen and oxygen atoms in total. The summed E-state index contributed by atoms with van der Waals surface area (Å²) in [7, 11) is 1.87.